The van der Waals surface area contributed by atoms with Crippen molar-refractivity contribution in [1.29, 1.82) is 0 Å². The Morgan fingerprint density at radius 2 is 1.00 bits per heavy atom. The van der Waals surface area contributed by atoms with Crippen molar-refractivity contribution in [2.75, 3.05) is 39.5 Å². The second kappa shape index (κ2) is 24.5. The fourth-order valence-electron chi connectivity index (χ4n) is 0.760. The van der Waals surface area contributed by atoms with Crippen molar-refractivity contribution in [3.05, 3.63) is 0 Å². The van der Waals surface area contributed by atoms with Crippen molar-refractivity contribution in [3.8, 4) is 0 Å². The molecule has 0 radical (unpaired) electrons. The molecule has 0 aromatic carbocycles. The third-order valence-electron chi connectivity index (χ3n) is 1.25. The Morgan fingerprint density at radius 1 is 0.786 bits per heavy atom. The number of nitrogens with zero attached hydrogens (tertiary/aromatic N) is 1. The Morgan fingerprint density at radius 3 is 1.14 bits per heavy atom. The van der Waals surface area contributed by atoms with Gasteiger partial charge in [0.15, 0.2) is 0 Å². The SMILES string of the molecule is Cl.O.OCCN(CCO)CCO.[CaH2].[NaH]. The number of hydrogen-bond acceptors (Lipinski definition) is 4. The van der Waals surface area contributed by atoms with Crippen LogP contribution in [0.5, 0.6) is 0 Å². The molecule has 0 aromatic heterocycles. The minimum atomic E-state index is 0. The quantitative estimate of drug-likeness (QED) is 0.433. The Labute approximate surface area is 143 Å². The van der Waals surface area contributed by atoms with E-state index < -0.39 is 0 Å². The number of hydrogen-bond donors (Lipinski definition) is 3. The first-order valence-electron chi connectivity index (χ1n) is 3.40. The summed E-state index contributed by atoms with van der Waals surface area (Å²) in [5, 5.41) is 25.5. The van der Waals surface area contributed by atoms with Crippen molar-refractivity contribution in [3.63, 3.8) is 0 Å². The summed E-state index contributed by atoms with van der Waals surface area (Å²) in [4.78, 5) is 1.79. The van der Waals surface area contributed by atoms with Crippen LogP contribution in [0.25, 0.3) is 0 Å². The molecule has 84 valence electrons. The van der Waals surface area contributed by atoms with E-state index in [0.717, 1.165) is 0 Å². The average Bonchev–Trinajstić information content (AvgIpc) is 1.90. The van der Waals surface area contributed by atoms with E-state index in [1.165, 1.54) is 0 Å². The zero-order chi connectivity index (χ0) is 7.82. The van der Waals surface area contributed by atoms with Gasteiger partial charge in [-0.15, -0.1) is 12.4 Å². The first kappa shape index (κ1) is 29.9. The van der Waals surface area contributed by atoms with Crippen LogP contribution >= 0.6 is 12.4 Å². The van der Waals surface area contributed by atoms with E-state index in [-0.39, 0.29) is 105 Å². The molecule has 0 fully saturated rings. The first-order valence-corrected chi connectivity index (χ1v) is 3.40. The fraction of sp³-hybridized carbons (Fsp3) is 1.00. The second-order valence-electron chi connectivity index (χ2n) is 2.01. The van der Waals surface area contributed by atoms with Crippen molar-refractivity contribution in [2.24, 2.45) is 0 Å². The Bertz CT molecular complexity index is 72.6. The van der Waals surface area contributed by atoms with Gasteiger partial charge in [0.2, 0.25) is 0 Å². The predicted octanol–water partition coefficient (Wildman–Crippen LogP) is -3.70. The van der Waals surface area contributed by atoms with E-state index in [1.54, 1.807) is 4.90 Å². The van der Waals surface area contributed by atoms with Gasteiger partial charge >= 0.3 is 67.3 Å². The van der Waals surface area contributed by atoms with Crippen LogP contribution in [0.4, 0.5) is 0 Å². The Balaban J connectivity index is -0.0000000675. The summed E-state index contributed by atoms with van der Waals surface area (Å²) in [6, 6.07) is 0. The molecular formula is C6H21CaClNNaO4. The maximum absolute atomic E-state index is 8.48. The molecule has 0 rings (SSSR count). The van der Waals surface area contributed by atoms with E-state index in [9.17, 15) is 0 Å². The van der Waals surface area contributed by atoms with Gasteiger partial charge in [0.25, 0.3) is 0 Å². The molecule has 0 saturated heterocycles. The van der Waals surface area contributed by atoms with Crippen LogP contribution in [-0.2, 0) is 0 Å². The molecule has 5 N–H and O–H groups in total. The Hall–Kier alpha value is 2.35. The summed E-state index contributed by atoms with van der Waals surface area (Å²) >= 11 is 0. The first-order chi connectivity index (χ1) is 4.85. The second-order valence-corrected chi connectivity index (χ2v) is 2.01. The van der Waals surface area contributed by atoms with Crippen LogP contribution in [0.3, 0.4) is 0 Å². The van der Waals surface area contributed by atoms with E-state index in [2.05, 4.69) is 0 Å². The van der Waals surface area contributed by atoms with Crippen LogP contribution in [0, 0.1) is 0 Å². The standard InChI is InChI=1S/C6H15NO3.Ca.ClH.Na.H2O.3H/c8-4-1-7(2-5-9)3-6-10;;;;;;;/h8-10H,1-6H2;;1H;;1H2;;;. The minimum absolute atomic E-state index is 0. The van der Waals surface area contributed by atoms with Gasteiger partial charge in [-0.25, -0.2) is 0 Å². The summed E-state index contributed by atoms with van der Waals surface area (Å²) in [6.45, 7) is 1.75. The van der Waals surface area contributed by atoms with Gasteiger partial charge in [-0.2, -0.15) is 0 Å². The fourth-order valence-corrected chi connectivity index (χ4v) is 0.760. The molecule has 0 bridgehead atoms. The molecule has 0 heterocycles. The zero-order valence-electron chi connectivity index (χ0n) is 6.94. The molecule has 0 aliphatic rings. The average molecular weight is 270 g/mol. The van der Waals surface area contributed by atoms with Crippen molar-refractivity contribution in [2.45, 2.75) is 0 Å². The van der Waals surface area contributed by atoms with Gasteiger partial charge in [-0.3, -0.25) is 4.90 Å². The van der Waals surface area contributed by atoms with Crippen LogP contribution in [0.2, 0.25) is 0 Å². The van der Waals surface area contributed by atoms with Crippen LogP contribution in [0.1, 0.15) is 0 Å². The number of aliphatic hydroxyl groups is 3. The van der Waals surface area contributed by atoms with E-state index >= 15 is 0 Å². The molecule has 8 heteroatoms. The van der Waals surface area contributed by atoms with E-state index in [1.807, 2.05) is 0 Å². The molecule has 0 aliphatic heterocycles. The predicted molar refractivity (Wildman–Crippen MR) is 64.3 cm³/mol. The number of rotatable bonds is 6. The van der Waals surface area contributed by atoms with Crippen LogP contribution < -0.4 is 0 Å². The van der Waals surface area contributed by atoms with Crippen molar-refractivity contribution in [1.82, 2.24) is 4.90 Å². The molecule has 0 unspecified atom stereocenters. The van der Waals surface area contributed by atoms with Crippen LogP contribution in [-0.4, -0.2) is 132 Å². The van der Waals surface area contributed by atoms with Crippen LogP contribution in [0.15, 0.2) is 0 Å². The molecule has 0 saturated carbocycles. The van der Waals surface area contributed by atoms with Gasteiger partial charge in [0.1, 0.15) is 0 Å². The van der Waals surface area contributed by atoms with Crippen molar-refractivity contribution >= 4 is 79.7 Å². The molecule has 0 spiro atoms. The van der Waals surface area contributed by atoms with Gasteiger partial charge in [-0.1, -0.05) is 0 Å². The molecule has 0 aliphatic carbocycles. The van der Waals surface area contributed by atoms with Gasteiger partial charge in [0.05, 0.1) is 19.8 Å². The maximum atomic E-state index is 8.48. The molecule has 0 atom stereocenters. The Kier molecular flexibility index (Phi) is 52.4. The summed E-state index contributed by atoms with van der Waals surface area (Å²) in [7, 11) is 0. The monoisotopic (exact) mass is 269 g/mol. The van der Waals surface area contributed by atoms with Gasteiger partial charge in [0, 0.05) is 19.6 Å². The summed E-state index contributed by atoms with van der Waals surface area (Å²) in [5.41, 5.74) is 0. The van der Waals surface area contributed by atoms with E-state index in [4.69, 9.17) is 15.3 Å². The summed E-state index contributed by atoms with van der Waals surface area (Å²) in [5.74, 6) is 0. The number of halogens is 1. The number of aliphatic hydroxyl groups excluding tert-OH is 3. The normalized spacial score (nSPS) is 7.71. The third kappa shape index (κ3) is 19.9. The molecule has 0 amide bonds. The molecule has 0 aromatic rings. The van der Waals surface area contributed by atoms with Gasteiger partial charge in [-0.05, 0) is 0 Å². The molecular weight excluding hydrogens is 249 g/mol. The van der Waals surface area contributed by atoms with Crippen molar-refractivity contribution < 1.29 is 20.8 Å². The molecule has 5 nitrogen and oxygen atoms in total. The zero-order valence-corrected chi connectivity index (χ0v) is 7.76. The topological polar surface area (TPSA) is 95.4 Å². The summed E-state index contributed by atoms with van der Waals surface area (Å²) < 4.78 is 0. The molecule has 14 heavy (non-hydrogen) atoms. The third-order valence-corrected chi connectivity index (χ3v) is 1.25. The van der Waals surface area contributed by atoms with E-state index in [0.29, 0.717) is 19.6 Å². The van der Waals surface area contributed by atoms with Gasteiger partial charge < -0.3 is 20.8 Å². The summed E-state index contributed by atoms with van der Waals surface area (Å²) in [6.07, 6.45) is 0.